The predicted octanol–water partition coefficient (Wildman–Crippen LogP) is 4.21. The van der Waals surface area contributed by atoms with Gasteiger partial charge in [-0.1, -0.05) is 29.3 Å². The van der Waals surface area contributed by atoms with Gasteiger partial charge in [0, 0.05) is 33.1 Å². The molecule has 1 aliphatic heterocycles. The van der Waals surface area contributed by atoms with Gasteiger partial charge in [-0.2, -0.15) is 5.10 Å². The third-order valence-corrected chi connectivity index (χ3v) is 6.49. The molecular formula is C20H18Cl2N4O2S. The fourth-order valence-electron chi connectivity index (χ4n) is 3.28. The monoisotopic (exact) mass is 448 g/mol. The first-order chi connectivity index (χ1) is 13.9. The number of nitrogens with zero attached hydrogens (tertiary/aromatic N) is 4. The minimum atomic E-state index is -0.130. The zero-order valence-electron chi connectivity index (χ0n) is 15.6. The maximum Gasteiger partial charge on any atom is 0.272 e. The Kier molecular flexibility index (Phi) is 5.63. The topological polar surface area (TPSA) is 58.4 Å². The van der Waals surface area contributed by atoms with Crippen molar-refractivity contribution in [1.29, 1.82) is 0 Å². The van der Waals surface area contributed by atoms with Crippen molar-refractivity contribution in [3.63, 3.8) is 0 Å². The van der Waals surface area contributed by atoms with E-state index in [0.29, 0.717) is 47.6 Å². The Morgan fingerprint density at radius 1 is 1.00 bits per heavy atom. The van der Waals surface area contributed by atoms with Gasteiger partial charge in [-0.15, -0.1) is 11.3 Å². The van der Waals surface area contributed by atoms with E-state index in [-0.39, 0.29) is 11.8 Å². The van der Waals surface area contributed by atoms with Crippen LogP contribution >= 0.6 is 34.5 Å². The molecule has 1 saturated heterocycles. The molecule has 0 spiro atoms. The second-order valence-corrected chi connectivity index (χ2v) is 8.46. The Morgan fingerprint density at radius 3 is 2.34 bits per heavy atom. The van der Waals surface area contributed by atoms with Crippen LogP contribution in [-0.4, -0.2) is 57.6 Å². The number of carbonyl (C=O) groups is 2. The zero-order chi connectivity index (χ0) is 20.5. The number of hydrogen-bond donors (Lipinski definition) is 0. The molecule has 0 bridgehead atoms. The molecule has 0 aliphatic carbocycles. The largest absolute Gasteiger partial charge is 0.339 e. The summed E-state index contributed by atoms with van der Waals surface area (Å²) in [5.41, 5.74) is 1.83. The van der Waals surface area contributed by atoms with Crippen LogP contribution in [0.15, 0.2) is 41.8 Å². The van der Waals surface area contributed by atoms with Crippen molar-refractivity contribution in [3.8, 4) is 16.3 Å². The molecule has 0 radical (unpaired) electrons. The number of carbonyl (C=O) groups excluding carboxylic acids is 2. The van der Waals surface area contributed by atoms with Crippen LogP contribution in [0.25, 0.3) is 16.3 Å². The average Bonchev–Trinajstić information content (AvgIpc) is 3.39. The molecule has 1 fully saturated rings. The van der Waals surface area contributed by atoms with Gasteiger partial charge >= 0.3 is 0 Å². The van der Waals surface area contributed by atoms with Crippen molar-refractivity contribution in [2.45, 2.75) is 6.92 Å². The lowest BCUT2D eigenvalue weighted by Crippen LogP contribution is -2.50. The van der Waals surface area contributed by atoms with E-state index in [9.17, 15) is 9.59 Å². The highest BCUT2D eigenvalue weighted by Gasteiger charge is 2.27. The van der Waals surface area contributed by atoms with Crippen molar-refractivity contribution in [1.82, 2.24) is 19.6 Å². The Morgan fingerprint density at radius 2 is 1.72 bits per heavy atom. The summed E-state index contributed by atoms with van der Waals surface area (Å²) in [6, 6.07) is 10.9. The summed E-state index contributed by atoms with van der Waals surface area (Å²) >= 11 is 13.8. The first-order valence-corrected chi connectivity index (χ1v) is 10.7. The van der Waals surface area contributed by atoms with Gasteiger partial charge in [0.2, 0.25) is 5.91 Å². The second-order valence-electron chi connectivity index (χ2n) is 6.70. The summed E-state index contributed by atoms with van der Waals surface area (Å²) in [4.78, 5) is 29.3. The number of thiophene rings is 1. The number of piperazine rings is 1. The molecule has 0 unspecified atom stereocenters. The average molecular weight is 449 g/mol. The molecule has 3 aromatic rings. The predicted molar refractivity (Wildman–Crippen MR) is 115 cm³/mol. The molecule has 2 aromatic heterocycles. The number of halogens is 2. The van der Waals surface area contributed by atoms with Gasteiger partial charge in [0.05, 0.1) is 20.6 Å². The van der Waals surface area contributed by atoms with Gasteiger partial charge in [0.25, 0.3) is 5.91 Å². The van der Waals surface area contributed by atoms with Crippen LogP contribution in [0, 0.1) is 0 Å². The summed E-state index contributed by atoms with van der Waals surface area (Å²) in [6.07, 6.45) is 0. The van der Waals surface area contributed by atoms with Crippen LogP contribution in [0.2, 0.25) is 10.0 Å². The molecular weight excluding hydrogens is 431 g/mol. The molecule has 0 saturated carbocycles. The summed E-state index contributed by atoms with van der Waals surface area (Å²) in [7, 11) is 0. The SMILES string of the molecule is CC(=O)N1CCN(C(=O)c2cc(-c3cccs3)nn2-c2ccc(Cl)c(Cl)c2)CC1. The standard InChI is InChI=1S/C20H18Cl2N4O2S/c1-13(27)24-6-8-25(9-7-24)20(28)18-12-17(19-3-2-10-29-19)23-26(18)14-4-5-15(21)16(22)11-14/h2-5,10-12H,6-9H2,1H3. The summed E-state index contributed by atoms with van der Waals surface area (Å²) < 4.78 is 1.61. The van der Waals surface area contributed by atoms with Crippen LogP contribution in [0.5, 0.6) is 0 Å². The van der Waals surface area contributed by atoms with Crippen molar-refractivity contribution < 1.29 is 9.59 Å². The van der Waals surface area contributed by atoms with Crippen molar-refractivity contribution in [2.75, 3.05) is 26.2 Å². The Balaban J connectivity index is 1.70. The second kappa shape index (κ2) is 8.18. The van der Waals surface area contributed by atoms with Crippen LogP contribution < -0.4 is 0 Å². The van der Waals surface area contributed by atoms with Crippen molar-refractivity contribution >= 4 is 46.4 Å². The molecule has 150 valence electrons. The fraction of sp³-hybridized carbons (Fsp3) is 0.250. The molecule has 9 heteroatoms. The molecule has 3 heterocycles. The Bertz CT molecular complexity index is 1060. The van der Waals surface area contributed by atoms with E-state index < -0.39 is 0 Å². The van der Waals surface area contributed by atoms with Crippen molar-refractivity contribution in [2.24, 2.45) is 0 Å². The van der Waals surface area contributed by atoms with Gasteiger partial charge in [0.1, 0.15) is 11.4 Å². The first kappa shape index (κ1) is 19.9. The smallest absolute Gasteiger partial charge is 0.272 e. The van der Waals surface area contributed by atoms with Crippen LogP contribution in [0.1, 0.15) is 17.4 Å². The van der Waals surface area contributed by atoms with Gasteiger partial charge in [-0.05, 0) is 35.7 Å². The third kappa shape index (κ3) is 4.03. The van der Waals surface area contributed by atoms with Gasteiger partial charge in [0.15, 0.2) is 0 Å². The van der Waals surface area contributed by atoms with Crippen LogP contribution in [0.3, 0.4) is 0 Å². The minimum Gasteiger partial charge on any atom is -0.339 e. The number of aromatic nitrogens is 2. The highest BCUT2D eigenvalue weighted by atomic mass is 35.5. The fourth-order valence-corrected chi connectivity index (χ4v) is 4.25. The van der Waals surface area contributed by atoms with E-state index in [1.54, 1.807) is 57.0 Å². The molecule has 1 aromatic carbocycles. The normalized spacial score (nSPS) is 14.3. The van der Waals surface area contributed by atoms with E-state index in [1.807, 2.05) is 17.5 Å². The summed E-state index contributed by atoms with van der Waals surface area (Å²) in [5, 5.41) is 7.47. The maximum atomic E-state index is 13.3. The number of rotatable bonds is 3. The number of benzene rings is 1. The molecule has 6 nitrogen and oxygen atoms in total. The summed E-state index contributed by atoms with van der Waals surface area (Å²) in [5.74, 6) is -0.104. The number of hydrogen-bond acceptors (Lipinski definition) is 4. The van der Waals surface area contributed by atoms with Gasteiger partial charge in [-0.3, -0.25) is 9.59 Å². The van der Waals surface area contributed by atoms with E-state index in [2.05, 4.69) is 5.10 Å². The lowest BCUT2D eigenvalue weighted by Gasteiger charge is -2.34. The van der Waals surface area contributed by atoms with E-state index in [1.165, 1.54) is 0 Å². The minimum absolute atomic E-state index is 0.0259. The van der Waals surface area contributed by atoms with Gasteiger partial charge < -0.3 is 9.80 Å². The third-order valence-electron chi connectivity index (χ3n) is 4.86. The molecule has 29 heavy (non-hydrogen) atoms. The molecule has 0 N–H and O–H groups in total. The molecule has 0 atom stereocenters. The first-order valence-electron chi connectivity index (χ1n) is 9.08. The van der Waals surface area contributed by atoms with Crippen LogP contribution in [-0.2, 0) is 4.79 Å². The summed E-state index contributed by atoms with van der Waals surface area (Å²) in [6.45, 7) is 3.57. The van der Waals surface area contributed by atoms with Crippen molar-refractivity contribution in [3.05, 3.63) is 57.5 Å². The lowest BCUT2D eigenvalue weighted by molar-refractivity contribution is -0.130. The van der Waals surface area contributed by atoms with Crippen LogP contribution in [0.4, 0.5) is 0 Å². The lowest BCUT2D eigenvalue weighted by atomic mass is 10.2. The van der Waals surface area contributed by atoms with E-state index in [0.717, 1.165) is 10.6 Å². The molecule has 2 amide bonds. The molecule has 4 rings (SSSR count). The highest BCUT2D eigenvalue weighted by Crippen LogP contribution is 2.29. The van der Waals surface area contributed by atoms with E-state index >= 15 is 0 Å². The Labute approximate surface area is 182 Å². The molecule has 1 aliphatic rings. The zero-order valence-corrected chi connectivity index (χ0v) is 18.0. The Hall–Kier alpha value is -2.35. The van der Waals surface area contributed by atoms with Gasteiger partial charge in [-0.25, -0.2) is 4.68 Å². The maximum absolute atomic E-state index is 13.3. The number of amides is 2. The highest BCUT2D eigenvalue weighted by molar-refractivity contribution is 7.13. The van der Waals surface area contributed by atoms with E-state index in [4.69, 9.17) is 23.2 Å². The quantitative estimate of drug-likeness (QED) is 0.602.